The number of nitrogens with zero attached hydrogens (tertiary/aromatic N) is 5. The van der Waals surface area contributed by atoms with Crippen LogP contribution in [0.5, 0.6) is 11.8 Å². The maximum absolute atomic E-state index is 14.8. The highest BCUT2D eigenvalue weighted by molar-refractivity contribution is 5.62. The molecule has 0 saturated carbocycles. The number of methoxy groups -OCH3 is 1. The van der Waals surface area contributed by atoms with Crippen molar-refractivity contribution >= 4 is 11.5 Å². The van der Waals surface area contributed by atoms with E-state index in [1.54, 1.807) is 19.2 Å². The second-order valence-electron chi connectivity index (χ2n) is 9.84. The van der Waals surface area contributed by atoms with E-state index < -0.39 is 0 Å². The van der Waals surface area contributed by atoms with Gasteiger partial charge in [-0.1, -0.05) is 6.07 Å². The van der Waals surface area contributed by atoms with E-state index in [0.717, 1.165) is 37.4 Å². The number of halogens is 1. The molecule has 184 valence electrons. The van der Waals surface area contributed by atoms with Crippen LogP contribution in [-0.2, 0) is 13.0 Å². The summed E-state index contributed by atoms with van der Waals surface area (Å²) in [5, 5.41) is 0. The number of hydrogen-bond acceptors (Lipinski definition) is 7. The molecular weight excluding hydrogens is 433 g/mol. The number of piperidine rings is 1. The predicted molar refractivity (Wildman–Crippen MR) is 132 cm³/mol. The van der Waals surface area contributed by atoms with Crippen molar-refractivity contribution in [3.8, 4) is 11.8 Å². The smallest absolute Gasteiger partial charge is 0.318 e. The highest BCUT2D eigenvalue weighted by Gasteiger charge is 2.31. The lowest BCUT2D eigenvalue weighted by atomic mass is 9.99. The Morgan fingerprint density at radius 3 is 2.74 bits per heavy atom. The second kappa shape index (κ2) is 9.94. The molecule has 0 radical (unpaired) electrons. The Morgan fingerprint density at radius 1 is 1.09 bits per heavy atom. The zero-order valence-corrected chi connectivity index (χ0v) is 20.6. The molecule has 7 nitrogen and oxygen atoms in total. The minimum atomic E-state index is -0.275. The standard InChI is InChI=1S/C26H36FN5O2/c1-18-8-4-5-14-32(18)25-20-12-15-31(24-21(27)10-6-11-23(24)33-3)16-22(20)28-26(29-25)34-17-19-9-7-13-30(19)2/h6,10-11,18-19H,4-5,7-9,12-17H2,1-3H3/t18-,19-/m0/s1. The van der Waals surface area contributed by atoms with Crippen LogP contribution in [0.2, 0.25) is 0 Å². The van der Waals surface area contributed by atoms with Gasteiger partial charge < -0.3 is 24.2 Å². The van der Waals surface area contributed by atoms with Crippen molar-refractivity contribution in [2.75, 3.05) is 50.2 Å². The molecule has 8 heteroatoms. The minimum Gasteiger partial charge on any atom is -0.494 e. The fraction of sp³-hybridized carbons (Fsp3) is 0.615. The molecule has 0 unspecified atom stereocenters. The number of fused-ring (bicyclic) bond motifs is 1. The first-order chi connectivity index (χ1) is 16.5. The summed E-state index contributed by atoms with van der Waals surface area (Å²) in [7, 11) is 3.73. The van der Waals surface area contributed by atoms with Gasteiger partial charge in [-0.2, -0.15) is 9.97 Å². The monoisotopic (exact) mass is 469 g/mol. The fourth-order valence-corrected chi connectivity index (χ4v) is 5.62. The van der Waals surface area contributed by atoms with Crippen LogP contribution in [0.4, 0.5) is 15.9 Å². The molecule has 0 amide bonds. The van der Waals surface area contributed by atoms with Crippen molar-refractivity contribution in [1.29, 1.82) is 0 Å². The van der Waals surface area contributed by atoms with Crippen LogP contribution in [0.15, 0.2) is 18.2 Å². The van der Waals surface area contributed by atoms with E-state index in [-0.39, 0.29) is 5.82 Å². The third-order valence-electron chi connectivity index (χ3n) is 7.66. The molecule has 0 bridgehead atoms. The molecule has 2 aromatic rings. The van der Waals surface area contributed by atoms with Crippen LogP contribution in [0.3, 0.4) is 0 Å². The van der Waals surface area contributed by atoms with Crippen LogP contribution in [-0.4, -0.2) is 67.4 Å². The molecular formula is C26H36FN5O2. The molecule has 2 atom stereocenters. The molecule has 0 N–H and O–H groups in total. The molecule has 3 aliphatic rings. The molecule has 0 aliphatic carbocycles. The van der Waals surface area contributed by atoms with Crippen molar-refractivity contribution in [3.05, 3.63) is 35.3 Å². The quantitative estimate of drug-likeness (QED) is 0.633. The van der Waals surface area contributed by atoms with E-state index >= 15 is 0 Å². The van der Waals surface area contributed by atoms with Crippen LogP contribution >= 0.6 is 0 Å². The van der Waals surface area contributed by atoms with Crippen molar-refractivity contribution in [1.82, 2.24) is 14.9 Å². The normalized spacial score (nSPS) is 23.2. The largest absolute Gasteiger partial charge is 0.494 e. The van der Waals surface area contributed by atoms with E-state index in [1.165, 1.54) is 37.3 Å². The third kappa shape index (κ3) is 4.52. The van der Waals surface area contributed by atoms with Crippen LogP contribution in [0, 0.1) is 5.82 Å². The number of aromatic nitrogens is 2. The number of likely N-dealkylation sites (N-methyl/N-ethyl adjacent to an activating group) is 1. The van der Waals surface area contributed by atoms with E-state index in [0.29, 0.717) is 49.2 Å². The number of para-hydroxylation sites is 1. The van der Waals surface area contributed by atoms with Crippen LogP contribution in [0.1, 0.15) is 50.3 Å². The lowest BCUT2D eigenvalue weighted by molar-refractivity contribution is 0.187. The molecule has 34 heavy (non-hydrogen) atoms. The van der Waals surface area contributed by atoms with E-state index in [1.807, 2.05) is 4.90 Å². The highest BCUT2D eigenvalue weighted by Crippen LogP contribution is 2.37. The zero-order valence-electron chi connectivity index (χ0n) is 20.6. The van der Waals surface area contributed by atoms with Gasteiger partial charge in [0.2, 0.25) is 0 Å². The number of rotatable bonds is 6. The second-order valence-corrected chi connectivity index (χ2v) is 9.84. The summed E-state index contributed by atoms with van der Waals surface area (Å²) in [5.41, 5.74) is 2.59. The first kappa shape index (κ1) is 23.1. The average Bonchev–Trinajstić information content (AvgIpc) is 3.26. The Bertz CT molecular complexity index is 1020. The number of hydrogen-bond donors (Lipinski definition) is 0. The molecule has 3 aliphatic heterocycles. The summed E-state index contributed by atoms with van der Waals surface area (Å²) in [6.07, 6.45) is 6.69. The molecule has 2 fully saturated rings. The number of likely N-dealkylation sites (tertiary alicyclic amines) is 1. The maximum atomic E-state index is 14.8. The Kier molecular flexibility index (Phi) is 6.77. The molecule has 4 heterocycles. The first-order valence-corrected chi connectivity index (χ1v) is 12.6. The summed E-state index contributed by atoms with van der Waals surface area (Å²) >= 11 is 0. The average molecular weight is 470 g/mol. The predicted octanol–water partition coefficient (Wildman–Crippen LogP) is 4.04. The van der Waals surface area contributed by atoms with Crippen molar-refractivity contribution in [3.63, 3.8) is 0 Å². The van der Waals surface area contributed by atoms with Gasteiger partial charge in [0.05, 0.1) is 19.3 Å². The number of benzene rings is 1. The van der Waals surface area contributed by atoms with Gasteiger partial charge in [0.15, 0.2) is 0 Å². The van der Waals surface area contributed by atoms with Gasteiger partial charge in [-0.15, -0.1) is 0 Å². The summed E-state index contributed by atoms with van der Waals surface area (Å²) in [4.78, 5) is 16.6. The fourth-order valence-electron chi connectivity index (χ4n) is 5.62. The lowest BCUT2D eigenvalue weighted by Gasteiger charge is -2.38. The molecule has 5 rings (SSSR count). The van der Waals surface area contributed by atoms with E-state index in [4.69, 9.17) is 19.4 Å². The number of anilines is 2. The first-order valence-electron chi connectivity index (χ1n) is 12.6. The third-order valence-corrected chi connectivity index (χ3v) is 7.66. The van der Waals surface area contributed by atoms with Gasteiger partial charge in [0, 0.05) is 30.7 Å². The van der Waals surface area contributed by atoms with E-state index in [9.17, 15) is 4.39 Å². The summed E-state index contributed by atoms with van der Waals surface area (Å²) in [5.74, 6) is 1.28. The van der Waals surface area contributed by atoms with Crippen LogP contribution < -0.4 is 19.3 Å². The Balaban J connectivity index is 1.47. The maximum Gasteiger partial charge on any atom is 0.318 e. The minimum absolute atomic E-state index is 0.275. The molecule has 1 aromatic heterocycles. The zero-order chi connectivity index (χ0) is 23.7. The van der Waals surface area contributed by atoms with Gasteiger partial charge in [0.1, 0.15) is 29.7 Å². The van der Waals surface area contributed by atoms with E-state index in [2.05, 4.69) is 23.8 Å². The van der Waals surface area contributed by atoms with Gasteiger partial charge >= 0.3 is 6.01 Å². The van der Waals surface area contributed by atoms with Gasteiger partial charge in [-0.3, -0.25) is 0 Å². The highest BCUT2D eigenvalue weighted by atomic mass is 19.1. The van der Waals surface area contributed by atoms with Crippen molar-refractivity contribution < 1.29 is 13.9 Å². The molecule has 1 aromatic carbocycles. The van der Waals surface area contributed by atoms with Gasteiger partial charge in [-0.25, -0.2) is 4.39 Å². The Hall–Kier alpha value is -2.61. The number of ether oxygens (including phenoxy) is 2. The summed E-state index contributed by atoms with van der Waals surface area (Å²) in [6.45, 7) is 6.17. The lowest BCUT2D eigenvalue weighted by Crippen LogP contribution is -2.41. The van der Waals surface area contributed by atoms with Crippen molar-refractivity contribution in [2.45, 2.75) is 64.1 Å². The Labute approximate surface area is 201 Å². The topological polar surface area (TPSA) is 54.0 Å². The SMILES string of the molecule is COc1cccc(F)c1N1CCc2c(nc(OC[C@@H]3CCCN3C)nc2N2CCCC[C@@H]2C)C1. The summed E-state index contributed by atoms with van der Waals surface area (Å²) in [6, 6.07) is 6.25. The van der Waals surface area contributed by atoms with Gasteiger partial charge in [-0.05, 0) is 71.2 Å². The van der Waals surface area contributed by atoms with Gasteiger partial charge in [0.25, 0.3) is 0 Å². The summed E-state index contributed by atoms with van der Waals surface area (Å²) < 4.78 is 26.5. The molecule has 2 saturated heterocycles. The Morgan fingerprint density at radius 2 is 1.97 bits per heavy atom. The van der Waals surface area contributed by atoms with Crippen LogP contribution in [0.25, 0.3) is 0 Å². The van der Waals surface area contributed by atoms with Crippen molar-refractivity contribution in [2.24, 2.45) is 0 Å². The molecule has 0 spiro atoms.